The average Bonchev–Trinajstić information content (AvgIpc) is 3.34. The van der Waals surface area contributed by atoms with E-state index in [0.717, 1.165) is 27.8 Å². The Kier molecular flexibility index (Phi) is 5.22. The number of furan rings is 1. The first-order chi connectivity index (χ1) is 13.6. The van der Waals surface area contributed by atoms with Gasteiger partial charge in [0, 0.05) is 41.5 Å². The number of hydrogen-bond acceptors (Lipinski definition) is 2. The highest BCUT2D eigenvalue weighted by atomic mass is 35.5. The molecular formula is C23H21ClN2O2. The zero-order chi connectivity index (χ0) is 19.5. The summed E-state index contributed by atoms with van der Waals surface area (Å²) in [5, 5.41) is 4.80. The predicted molar refractivity (Wildman–Crippen MR) is 111 cm³/mol. The van der Waals surface area contributed by atoms with Crippen LogP contribution in [0.15, 0.2) is 77.5 Å². The highest BCUT2D eigenvalue weighted by Crippen LogP contribution is 2.34. The summed E-state index contributed by atoms with van der Waals surface area (Å²) in [5.74, 6) is 0.644. The minimum absolute atomic E-state index is 0.0238. The Bertz CT molecular complexity index is 1080. The first kappa shape index (κ1) is 18.4. The zero-order valence-electron chi connectivity index (χ0n) is 15.6. The molecule has 0 unspecified atom stereocenters. The molecule has 2 aromatic heterocycles. The van der Waals surface area contributed by atoms with Crippen LogP contribution in [0.1, 0.15) is 29.2 Å². The van der Waals surface area contributed by atoms with E-state index in [4.69, 9.17) is 16.0 Å². The molecule has 0 saturated heterocycles. The van der Waals surface area contributed by atoms with Crippen molar-refractivity contribution in [1.29, 1.82) is 0 Å². The largest absolute Gasteiger partial charge is 0.467 e. The SMILES string of the molecule is Cn1cc([C@@H](CC(=O)NCc2ccco2)c2ccc(Cl)cc2)c2ccccc21. The molecule has 0 aliphatic rings. The third-order valence-electron chi connectivity index (χ3n) is 5.00. The molecule has 0 aliphatic heterocycles. The molecule has 0 spiro atoms. The van der Waals surface area contributed by atoms with Gasteiger partial charge in [0.2, 0.25) is 5.91 Å². The number of amides is 1. The first-order valence-corrected chi connectivity index (χ1v) is 9.58. The van der Waals surface area contributed by atoms with Gasteiger partial charge in [0.1, 0.15) is 5.76 Å². The van der Waals surface area contributed by atoms with Crippen molar-refractivity contribution in [2.24, 2.45) is 7.05 Å². The predicted octanol–water partition coefficient (Wildman–Crippen LogP) is 5.26. The highest BCUT2D eigenvalue weighted by molar-refractivity contribution is 6.30. The topological polar surface area (TPSA) is 47.2 Å². The molecule has 142 valence electrons. The van der Waals surface area contributed by atoms with Crippen LogP contribution in [0.5, 0.6) is 0 Å². The number of hydrogen-bond donors (Lipinski definition) is 1. The van der Waals surface area contributed by atoms with Crippen molar-refractivity contribution in [2.45, 2.75) is 18.9 Å². The van der Waals surface area contributed by atoms with Crippen molar-refractivity contribution in [3.8, 4) is 0 Å². The van der Waals surface area contributed by atoms with Crippen molar-refractivity contribution < 1.29 is 9.21 Å². The summed E-state index contributed by atoms with van der Waals surface area (Å²) < 4.78 is 7.41. The van der Waals surface area contributed by atoms with E-state index < -0.39 is 0 Å². The van der Waals surface area contributed by atoms with Crippen molar-refractivity contribution in [1.82, 2.24) is 9.88 Å². The monoisotopic (exact) mass is 392 g/mol. The van der Waals surface area contributed by atoms with Gasteiger partial charge in [-0.05, 0) is 41.5 Å². The third-order valence-corrected chi connectivity index (χ3v) is 5.26. The van der Waals surface area contributed by atoms with E-state index in [-0.39, 0.29) is 11.8 Å². The Hall–Kier alpha value is -2.98. The number of halogens is 1. The van der Waals surface area contributed by atoms with Crippen LogP contribution < -0.4 is 5.32 Å². The summed E-state index contributed by atoms with van der Waals surface area (Å²) in [6.45, 7) is 0.384. The van der Waals surface area contributed by atoms with Crippen LogP contribution in [0.25, 0.3) is 10.9 Å². The van der Waals surface area contributed by atoms with E-state index in [1.165, 1.54) is 0 Å². The smallest absolute Gasteiger partial charge is 0.221 e. The standard InChI is InChI=1S/C23H21ClN2O2/c1-26-15-21(19-6-2-3-7-22(19)26)20(16-8-10-17(24)11-9-16)13-23(27)25-14-18-5-4-12-28-18/h2-12,15,20H,13-14H2,1H3,(H,25,27)/t20-/m0/s1. The lowest BCUT2D eigenvalue weighted by Crippen LogP contribution is -2.24. The van der Waals surface area contributed by atoms with Crippen LogP contribution in [-0.4, -0.2) is 10.5 Å². The molecule has 0 bridgehead atoms. The summed E-state index contributed by atoms with van der Waals surface area (Å²) in [4.78, 5) is 12.7. The van der Waals surface area contributed by atoms with Crippen LogP contribution >= 0.6 is 11.6 Å². The van der Waals surface area contributed by atoms with Crippen molar-refractivity contribution in [3.63, 3.8) is 0 Å². The number of aryl methyl sites for hydroxylation is 1. The molecule has 2 aromatic carbocycles. The lowest BCUT2D eigenvalue weighted by Gasteiger charge is -2.17. The van der Waals surface area contributed by atoms with Crippen LogP contribution in [0.2, 0.25) is 5.02 Å². The van der Waals surface area contributed by atoms with Gasteiger partial charge < -0.3 is 14.3 Å². The number of carbonyl (C=O) groups excluding carboxylic acids is 1. The fourth-order valence-corrected chi connectivity index (χ4v) is 3.74. The molecule has 28 heavy (non-hydrogen) atoms. The minimum Gasteiger partial charge on any atom is -0.467 e. The molecule has 0 saturated carbocycles. The van der Waals surface area contributed by atoms with Gasteiger partial charge in [-0.2, -0.15) is 0 Å². The average molecular weight is 393 g/mol. The van der Waals surface area contributed by atoms with E-state index in [9.17, 15) is 4.79 Å². The summed E-state index contributed by atoms with van der Waals surface area (Å²) >= 11 is 6.08. The molecule has 2 heterocycles. The maximum absolute atomic E-state index is 12.7. The number of benzene rings is 2. The van der Waals surface area contributed by atoms with Gasteiger partial charge in [-0.3, -0.25) is 4.79 Å². The van der Waals surface area contributed by atoms with Gasteiger partial charge in [0.25, 0.3) is 0 Å². The Morgan fingerprint density at radius 2 is 1.89 bits per heavy atom. The number of para-hydroxylation sites is 1. The molecule has 5 heteroatoms. The number of carbonyl (C=O) groups is 1. The van der Waals surface area contributed by atoms with Gasteiger partial charge >= 0.3 is 0 Å². The normalized spacial score (nSPS) is 12.2. The van der Waals surface area contributed by atoms with Crippen LogP contribution in [-0.2, 0) is 18.4 Å². The van der Waals surface area contributed by atoms with Gasteiger partial charge in [-0.25, -0.2) is 0 Å². The van der Waals surface area contributed by atoms with Crippen LogP contribution in [0.3, 0.4) is 0 Å². The molecule has 4 aromatic rings. The van der Waals surface area contributed by atoms with Crippen molar-refractivity contribution in [2.75, 3.05) is 0 Å². The number of nitrogens with one attached hydrogen (secondary N) is 1. The Morgan fingerprint density at radius 3 is 2.64 bits per heavy atom. The molecule has 1 atom stereocenters. The fourth-order valence-electron chi connectivity index (χ4n) is 3.61. The maximum atomic E-state index is 12.7. The van der Waals surface area contributed by atoms with E-state index in [1.54, 1.807) is 6.26 Å². The van der Waals surface area contributed by atoms with Crippen LogP contribution in [0.4, 0.5) is 0 Å². The van der Waals surface area contributed by atoms with Crippen molar-refractivity contribution >= 4 is 28.4 Å². The molecule has 1 N–H and O–H groups in total. The molecule has 4 nitrogen and oxygen atoms in total. The summed E-state index contributed by atoms with van der Waals surface area (Å²) in [5.41, 5.74) is 3.34. The number of aromatic nitrogens is 1. The summed E-state index contributed by atoms with van der Waals surface area (Å²) in [7, 11) is 2.03. The van der Waals surface area contributed by atoms with E-state index in [1.807, 2.05) is 55.6 Å². The van der Waals surface area contributed by atoms with Gasteiger partial charge in [0.15, 0.2) is 0 Å². The second-order valence-corrected chi connectivity index (χ2v) is 7.31. The Labute approximate surface area is 168 Å². The van der Waals surface area contributed by atoms with Gasteiger partial charge in [0.05, 0.1) is 12.8 Å². The maximum Gasteiger partial charge on any atom is 0.221 e. The molecule has 0 aliphatic carbocycles. The summed E-state index contributed by atoms with van der Waals surface area (Å²) in [6, 6.07) is 19.6. The number of rotatable bonds is 6. The van der Waals surface area contributed by atoms with Gasteiger partial charge in [-0.15, -0.1) is 0 Å². The Balaban J connectivity index is 1.65. The first-order valence-electron chi connectivity index (χ1n) is 9.20. The van der Waals surface area contributed by atoms with E-state index in [0.29, 0.717) is 18.0 Å². The number of nitrogens with zero attached hydrogens (tertiary/aromatic N) is 1. The highest BCUT2D eigenvalue weighted by Gasteiger charge is 2.22. The second-order valence-electron chi connectivity index (χ2n) is 6.88. The Morgan fingerprint density at radius 1 is 1.11 bits per heavy atom. The fraction of sp³-hybridized carbons (Fsp3) is 0.174. The summed E-state index contributed by atoms with van der Waals surface area (Å²) in [6.07, 6.45) is 4.06. The molecule has 0 radical (unpaired) electrons. The zero-order valence-corrected chi connectivity index (χ0v) is 16.3. The second kappa shape index (κ2) is 7.95. The van der Waals surface area contributed by atoms with E-state index in [2.05, 4.69) is 28.2 Å². The molecule has 1 amide bonds. The lowest BCUT2D eigenvalue weighted by atomic mass is 9.88. The van der Waals surface area contributed by atoms with Gasteiger partial charge in [-0.1, -0.05) is 41.9 Å². The van der Waals surface area contributed by atoms with Crippen LogP contribution in [0, 0.1) is 0 Å². The quantitative estimate of drug-likeness (QED) is 0.486. The number of fused-ring (bicyclic) bond motifs is 1. The molecule has 4 rings (SSSR count). The van der Waals surface area contributed by atoms with Crippen molar-refractivity contribution in [3.05, 3.63) is 95.0 Å². The molecular weight excluding hydrogens is 372 g/mol. The molecule has 0 fully saturated rings. The minimum atomic E-state index is -0.0695. The third kappa shape index (κ3) is 3.82. The lowest BCUT2D eigenvalue weighted by molar-refractivity contribution is -0.121. The van der Waals surface area contributed by atoms with E-state index >= 15 is 0 Å².